The molecule has 1 fully saturated rings. The van der Waals surface area contributed by atoms with Gasteiger partial charge in [0.15, 0.2) is 0 Å². The average molecular weight is 307 g/mol. The third kappa shape index (κ3) is 5.69. The predicted octanol–water partition coefficient (Wildman–Crippen LogP) is 2.53. The highest BCUT2D eigenvalue weighted by molar-refractivity contribution is 5.19. The standard InChI is InChI=1S/C18H29NO3/c1-14(2)18(15-6-4-3-5-7-15)19-12-16(20)13-22-17-8-10-21-11-9-17/h3-7,14,16-20H,8-13H2,1-2H3. The van der Waals surface area contributed by atoms with E-state index in [0.717, 1.165) is 26.1 Å². The lowest BCUT2D eigenvalue weighted by Crippen LogP contribution is -2.36. The lowest BCUT2D eigenvalue weighted by atomic mass is 9.96. The van der Waals surface area contributed by atoms with Crippen molar-refractivity contribution in [3.8, 4) is 0 Å². The van der Waals surface area contributed by atoms with E-state index in [-0.39, 0.29) is 12.1 Å². The summed E-state index contributed by atoms with van der Waals surface area (Å²) >= 11 is 0. The van der Waals surface area contributed by atoms with Crippen LogP contribution in [0.15, 0.2) is 30.3 Å². The Hall–Kier alpha value is -0.940. The lowest BCUT2D eigenvalue weighted by Gasteiger charge is -2.26. The summed E-state index contributed by atoms with van der Waals surface area (Å²) in [7, 11) is 0. The second-order valence-corrected chi connectivity index (χ2v) is 6.34. The molecule has 0 radical (unpaired) electrons. The fourth-order valence-electron chi connectivity index (χ4n) is 2.81. The summed E-state index contributed by atoms with van der Waals surface area (Å²) in [6.07, 6.45) is 1.61. The van der Waals surface area contributed by atoms with Crippen LogP contribution in [0.3, 0.4) is 0 Å². The first-order valence-corrected chi connectivity index (χ1v) is 8.32. The van der Waals surface area contributed by atoms with Gasteiger partial charge in [-0.15, -0.1) is 0 Å². The molecule has 124 valence electrons. The highest BCUT2D eigenvalue weighted by atomic mass is 16.5. The van der Waals surface area contributed by atoms with Gasteiger partial charge in [0.2, 0.25) is 0 Å². The van der Waals surface area contributed by atoms with Crippen molar-refractivity contribution in [2.24, 2.45) is 5.92 Å². The van der Waals surface area contributed by atoms with Gasteiger partial charge in [-0.05, 0) is 24.3 Å². The van der Waals surface area contributed by atoms with Gasteiger partial charge >= 0.3 is 0 Å². The van der Waals surface area contributed by atoms with Crippen molar-refractivity contribution in [3.05, 3.63) is 35.9 Å². The normalized spacial score (nSPS) is 19.3. The molecule has 4 nitrogen and oxygen atoms in total. The van der Waals surface area contributed by atoms with Crippen LogP contribution in [0.2, 0.25) is 0 Å². The quantitative estimate of drug-likeness (QED) is 0.775. The molecular formula is C18H29NO3. The van der Waals surface area contributed by atoms with E-state index in [2.05, 4.69) is 43.4 Å². The van der Waals surface area contributed by atoms with Gasteiger partial charge in [-0.1, -0.05) is 44.2 Å². The first-order chi connectivity index (χ1) is 10.7. The molecule has 1 aliphatic heterocycles. The molecule has 22 heavy (non-hydrogen) atoms. The molecule has 2 rings (SSSR count). The van der Waals surface area contributed by atoms with Crippen molar-refractivity contribution < 1.29 is 14.6 Å². The molecule has 2 N–H and O–H groups in total. The number of hydrogen-bond acceptors (Lipinski definition) is 4. The summed E-state index contributed by atoms with van der Waals surface area (Å²) in [6, 6.07) is 10.6. The Morgan fingerprint density at radius 3 is 2.55 bits per heavy atom. The summed E-state index contributed by atoms with van der Waals surface area (Å²) in [5, 5.41) is 13.6. The molecule has 1 aromatic carbocycles. The minimum atomic E-state index is -0.479. The SMILES string of the molecule is CC(C)C(NCC(O)COC1CCOCC1)c1ccccc1. The number of nitrogens with one attached hydrogen (secondary N) is 1. The van der Waals surface area contributed by atoms with E-state index in [1.807, 2.05) is 6.07 Å². The second kappa shape index (κ2) is 9.26. The zero-order valence-electron chi connectivity index (χ0n) is 13.7. The summed E-state index contributed by atoms with van der Waals surface area (Å²) in [6.45, 7) is 6.84. The van der Waals surface area contributed by atoms with E-state index < -0.39 is 6.10 Å². The van der Waals surface area contributed by atoms with Crippen molar-refractivity contribution in [3.63, 3.8) is 0 Å². The molecule has 0 aromatic heterocycles. The largest absolute Gasteiger partial charge is 0.389 e. The monoisotopic (exact) mass is 307 g/mol. The third-order valence-electron chi connectivity index (χ3n) is 4.09. The number of rotatable bonds is 8. The summed E-state index contributed by atoms with van der Waals surface area (Å²) in [5.41, 5.74) is 1.26. The number of benzene rings is 1. The van der Waals surface area contributed by atoms with E-state index >= 15 is 0 Å². The van der Waals surface area contributed by atoms with Crippen LogP contribution < -0.4 is 5.32 Å². The molecule has 4 heteroatoms. The molecule has 0 aliphatic carbocycles. The van der Waals surface area contributed by atoms with E-state index in [0.29, 0.717) is 19.1 Å². The van der Waals surface area contributed by atoms with E-state index in [1.54, 1.807) is 0 Å². The number of aliphatic hydroxyl groups is 1. The zero-order valence-corrected chi connectivity index (χ0v) is 13.7. The van der Waals surface area contributed by atoms with E-state index in [1.165, 1.54) is 5.56 Å². The molecule has 0 spiro atoms. The molecule has 1 heterocycles. The minimum absolute atomic E-state index is 0.235. The van der Waals surface area contributed by atoms with E-state index in [4.69, 9.17) is 9.47 Å². The molecule has 2 unspecified atom stereocenters. The molecular weight excluding hydrogens is 278 g/mol. The molecule has 0 saturated carbocycles. The molecule has 1 saturated heterocycles. The molecule has 0 bridgehead atoms. The van der Waals surface area contributed by atoms with Gasteiger partial charge in [-0.2, -0.15) is 0 Å². The molecule has 2 atom stereocenters. The fourth-order valence-corrected chi connectivity index (χ4v) is 2.81. The topological polar surface area (TPSA) is 50.7 Å². The highest BCUT2D eigenvalue weighted by Crippen LogP contribution is 2.21. The minimum Gasteiger partial charge on any atom is -0.389 e. The maximum absolute atomic E-state index is 10.1. The number of hydrogen-bond donors (Lipinski definition) is 2. The first kappa shape index (κ1) is 17.4. The highest BCUT2D eigenvalue weighted by Gasteiger charge is 2.18. The van der Waals surface area contributed by atoms with Gasteiger partial charge in [-0.25, -0.2) is 0 Å². The van der Waals surface area contributed by atoms with Crippen molar-refractivity contribution in [1.82, 2.24) is 5.32 Å². The van der Waals surface area contributed by atoms with Gasteiger partial charge in [0, 0.05) is 25.8 Å². The Labute approximate surface area is 133 Å². The Kier molecular flexibility index (Phi) is 7.33. The number of aliphatic hydroxyl groups excluding tert-OH is 1. The molecule has 0 amide bonds. The van der Waals surface area contributed by atoms with Gasteiger partial charge in [0.05, 0.1) is 18.8 Å². The Balaban J connectivity index is 1.74. The van der Waals surface area contributed by atoms with Crippen LogP contribution in [0.1, 0.15) is 38.3 Å². The van der Waals surface area contributed by atoms with Crippen LogP contribution in [-0.4, -0.2) is 43.7 Å². The van der Waals surface area contributed by atoms with Gasteiger partial charge in [0.1, 0.15) is 0 Å². The smallest absolute Gasteiger partial charge is 0.0898 e. The second-order valence-electron chi connectivity index (χ2n) is 6.34. The van der Waals surface area contributed by atoms with E-state index in [9.17, 15) is 5.11 Å². The maximum atomic E-state index is 10.1. The van der Waals surface area contributed by atoms with Crippen molar-refractivity contribution in [2.75, 3.05) is 26.4 Å². The first-order valence-electron chi connectivity index (χ1n) is 8.32. The Morgan fingerprint density at radius 1 is 1.23 bits per heavy atom. The van der Waals surface area contributed by atoms with Gasteiger partial charge < -0.3 is 19.9 Å². The average Bonchev–Trinajstić information content (AvgIpc) is 2.55. The Morgan fingerprint density at radius 2 is 1.91 bits per heavy atom. The van der Waals surface area contributed by atoms with Crippen LogP contribution in [0.5, 0.6) is 0 Å². The Bertz CT molecular complexity index is 404. The van der Waals surface area contributed by atoms with Crippen LogP contribution in [-0.2, 0) is 9.47 Å². The van der Waals surface area contributed by atoms with Gasteiger partial charge in [0.25, 0.3) is 0 Å². The summed E-state index contributed by atoms with van der Waals surface area (Å²) in [4.78, 5) is 0. The third-order valence-corrected chi connectivity index (χ3v) is 4.09. The summed E-state index contributed by atoms with van der Waals surface area (Å²) in [5.74, 6) is 0.464. The lowest BCUT2D eigenvalue weighted by molar-refractivity contribution is -0.0590. The summed E-state index contributed by atoms with van der Waals surface area (Å²) < 4.78 is 11.1. The van der Waals surface area contributed by atoms with Crippen LogP contribution in [0.25, 0.3) is 0 Å². The number of ether oxygens (including phenoxy) is 2. The van der Waals surface area contributed by atoms with Crippen molar-refractivity contribution in [1.29, 1.82) is 0 Å². The zero-order chi connectivity index (χ0) is 15.8. The maximum Gasteiger partial charge on any atom is 0.0898 e. The van der Waals surface area contributed by atoms with Crippen LogP contribution in [0.4, 0.5) is 0 Å². The predicted molar refractivity (Wildman–Crippen MR) is 87.8 cm³/mol. The fraction of sp³-hybridized carbons (Fsp3) is 0.667. The molecule has 1 aliphatic rings. The van der Waals surface area contributed by atoms with Crippen LogP contribution in [0, 0.1) is 5.92 Å². The molecule has 1 aromatic rings. The van der Waals surface area contributed by atoms with Crippen molar-refractivity contribution >= 4 is 0 Å². The van der Waals surface area contributed by atoms with Gasteiger partial charge in [-0.3, -0.25) is 0 Å². The van der Waals surface area contributed by atoms with Crippen molar-refractivity contribution in [2.45, 2.75) is 44.9 Å². The van der Waals surface area contributed by atoms with Crippen LogP contribution >= 0.6 is 0 Å².